The van der Waals surface area contributed by atoms with Crippen molar-refractivity contribution in [2.45, 2.75) is 0 Å². The Balaban J connectivity index is 1.08. The molecular formula is C46H29N3S. The maximum atomic E-state index is 5.12. The highest BCUT2D eigenvalue weighted by Crippen LogP contribution is 2.41. The molecule has 0 radical (unpaired) electrons. The smallest absolute Gasteiger partial charge is 0.138 e. The van der Waals surface area contributed by atoms with Gasteiger partial charge in [0.15, 0.2) is 0 Å². The van der Waals surface area contributed by atoms with Crippen molar-refractivity contribution in [1.82, 2.24) is 9.97 Å². The van der Waals surface area contributed by atoms with Crippen LogP contribution in [-0.2, 0) is 0 Å². The van der Waals surface area contributed by atoms with E-state index in [4.69, 9.17) is 4.98 Å². The zero-order valence-corrected chi connectivity index (χ0v) is 27.8. The van der Waals surface area contributed by atoms with Crippen molar-refractivity contribution in [2.24, 2.45) is 0 Å². The molecule has 0 unspecified atom stereocenters. The monoisotopic (exact) mass is 655 g/mol. The van der Waals surface area contributed by atoms with E-state index in [0.29, 0.717) is 0 Å². The Labute approximate surface area is 293 Å². The van der Waals surface area contributed by atoms with E-state index in [-0.39, 0.29) is 0 Å². The summed E-state index contributed by atoms with van der Waals surface area (Å²) < 4.78 is 2.50. The Morgan fingerprint density at radius 3 is 1.62 bits per heavy atom. The number of anilines is 3. The molecule has 0 fully saturated rings. The van der Waals surface area contributed by atoms with Gasteiger partial charge in [-0.05, 0) is 110 Å². The van der Waals surface area contributed by atoms with E-state index in [1.165, 1.54) is 69.4 Å². The molecule has 10 rings (SSSR count). The second-order valence-corrected chi connectivity index (χ2v) is 13.8. The van der Waals surface area contributed by atoms with Gasteiger partial charge in [0.1, 0.15) is 5.82 Å². The molecule has 234 valence electrons. The van der Waals surface area contributed by atoms with Crippen molar-refractivity contribution in [3.63, 3.8) is 0 Å². The molecule has 0 bridgehead atoms. The Morgan fingerprint density at radius 1 is 0.400 bits per heavy atom. The fourth-order valence-electron chi connectivity index (χ4n) is 7.12. The maximum Gasteiger partial charge on any atom is 0.138 e. The van der Waals surface area contributed by atoms with Crippen LogP contribution in [-0.4, -0.2) is 9.97 Å². The SMILES string of the molecule is c1ccc2cc(-c3ccc(N(c4ccc(-c5ccc6cnccc6c5)cc4)c4cc5sc6cc7ccccc7cc6c5cn4)cc3)ccc2c1. The van der Waals surface area contributed by atoms with Gasteiger partial charge in [-0.25, -0.2) is 4.98 Å². The van der Waals surface area contributed by atoms with Gasteiger partial charge >= 0.3 is 0 Å². The van der Waals surface area contributed by atoms with Crippen molar-refractivity contribution in [3.05, 3.63) is 176 Å². The van der Waals surface area contributed by atoms with Gasteiger partial charge in [0.25, 0.3) is 0 Å². The summed E-state index contributed by atoms with van der Waals surface area (Å²) in [7, 11) is 0. The number of fused-ring (bicyclic) bond motifs is 6. The van der Waals surface area contributed by atoms with Crippen LogP contribution in [0.1, 0.15) is 0 Å². The van der Waals surface area contributed by atoms with Crippen LogP contribution in [0.25, 0.3) is 74.7 Å². The predicted molar refractivity (Wildman–Crippen MR) is 213 cm³/mol. The van der Waals surface area contributed by atoms with Gasteiger partial charge in [0.2, 0.25) is 0 Å². The summed E-state index contributed by atoms with van der Waals surface area (Å²) >= 11 is 1.83. The van der Waals surface area contributed by atoms with Gasteiger partial charge in [-0.2, -0.15) is 0 Å². The standard InChI is InChI=1S/C46H29N3S/c1-2-6-33-23-36(10-9-30(33)5-1)31-13-17-40(18-14-31)49(41-19-15-32(16-20-41)37-11-12-39-28-47-22-21-38(39)24-37)46-27-45-43(29-48-46)42-25-34-7-3-4-8-35(34)26-44(42)50-45/h1-29H. The van der Waals surface area contributed by atoms with Crippen molar-refractivity contribution in [3.8, 4) is 22.3 Å². The predicted octanol–water partition coefficient (Wildman–Crippen LogP) is 13.1. The van der Waals surface area contributed by atoms with E-state index < -0.39 is 0 Å². The quantitative estimate of drug-likeness (QED) is 0.185. The molecule has 0 saturated heterocycles. The second kappa shape index (κ2) is 11.7. The summed E-state index contributed by atoms with van der Waals surface area (Å²) in [5.74, 6) is 0.887. The van der Waals surface area contributed by atoms with E-state index in [1.807, 2.05) is 29.9 Å². The third kappa shape index (κ3) is 4.97. The van der Waals surface area contributed by atoms with E-state index in [0.717, 1.165) is 22.6 Å². The molecule has 0 aliphatic rings. The lowest BCUT2D eigenvalue weighted by Gasteiger charge is -2.25. The first-order chi connectivity index (χ1) is 24.7. The molecular weight excluding hydrogens is 627 g/mol. The highest BCUT2D eigenvalue weighted by atomic mass is 32.1. The normalized spacial score (nSPS) is 11.6. The van der Waals surface area contributed by atoms with Gasteiger partial charge in [-0.15, -0.1) is 11.3 Å². The molecule has 0 spiro atoms. The lowest BCUT2D eigenvalue weighted by molar-refractivity contribution is 1.19. The molecule has 0 N–H and O–H groups in total. The van der Waals surface area contributed by atoms with Crippen molar-refractivity contribution in [2.75, 3.05) is 4.90 Å². The largest absolute Gasteiger partial charge is 0.295 e. The lowest BCUT2D eigenvalue weighted by atomic mass is 10.0. The highest BCUT2D eigenvalue weighted by molar-refractivity contribution is 7.25. The summed E-state index contributed by atoms with van der Waals surface area (Å²) in [5, 5.41) is 9.77. The third-order valence-electron chi connectivity index (χ3n) is 9.75. The first-order valence-electron chi connectivity index (χ1n) is 16.8. The Bertz CT molecular complexity index is 2750. The summed E-state index contributed by atoms with van der Waals surface area (Å²) in [6.07, 6.45) is 5.81. The van der Waals surface area contributed by atoms with Gasteiger partial charge < -0.3 is 0 Å². The van der Waals surface area contributed by atoms with Crippen molar-refractivity contribution < 1.29 is 0 Å². The molecule has 0 aliphatic carbocycles. The molecule has 3 aromatic heterocycles. The Hall–Kier alpha value is -6.36. The lowest BCUT2D eigenvalue weighted by Crippen LogP contribution is -2.11. The number of hydrogen-bond donors (Lipinski definition) is 0. The molecule has 0 amide bonds. The molecule has 4 heteroatoms. The zero-order valence-electron chi connectivity index (χ0n) is 27.0. The molecule has 50 heavy (non-hydrogen) atoms. The topological polar surface area (TPSA) is 29.0 Å². The van der Waals surface area contributed by atoms with E-state index in [1.54, 1.807) is 0 Å². The van der Waals surface area contributed by atoms with Crippen LogP contribution in [0.4, 0.5) is 17.2 Å². The number of pyridine rings is 2. The van der Waals surface area contributed by atoms with Crippen LogP contribution in [0.3, 0.4) is 0 Å². The molecule has 0 atom stereocenters. The first-order valence-corrected chi connectivity index (χ1v) is 17.6. The minimum absolute atomic E-state index is 0.887. The summed E-state index contributed by atoms with van der Waals surface area (Å²) in [6, 6.07) is 56.9. The molecule has 10 aromatic rings. The fourth-order valence-corrected chi connectivity index (χ4v) is 8.26. The maximum absolute atomic E-state index is 5.12. The average molecular weight is 656 g/mol. The van der Waals surface area contributed by atoms with Gasteiger partial charge in [0, 0.05) is 55.5 Å². The van der Waals surface area contributed by atoms with Crippen LogP contribution in [0.15, 0.2) is 176 Å². The molecule has 0 saturated carbocycles. The number of aromatic nitrogens is 2. The number of nitrogens with zero attached hydrogens (tertiary/aromatic N) is 3. The molecule has 7 aromatic carbocycles. The average Bonchev–Trinajstić information content (AvgIpc) is 3.53. The molecule has 0 aliphatic heterocycles. The van der Waals surface area contributed by atoms with Gasteiger partial charge in [0.05, 0.1) is 0 Å². The van der Waals surface area contributed by atoms with Crippen LogP contribution in [0.5, 0.6) is 0 Å². The van der Waals surface area contributed by atoms with Crippen LogP contribution in [0.2, 0.25) is 0 Å². The fraction of sp³-hybridized carbons (Fsp3) is 0. The van der Waals surface area contributed by atoms with Crippen LogP contribution < -0.4 is 4.90 Å². The Kier molecular flexibility index (Phi) is 6.68. The molecule has 3 nitrogen and oxygen atoms in total. The first kappa shape index (κ1) is 28.6. The second-order valence-electron chi connectivity index (χ2n) is 12.8. The van der Waals surface area contributed by atoms with Crippen molar-refractivity contribution in [1.29, 1.82) is 0 Å². The highest BCUT2D eigenvalue weighted by Gasteiger charge is 2.17. The van der Waals surface area contributed by atoms with E-state index >= 15 is 0 Å². The van der Waals surface area contributed by atoms with Crippen LogP contribution >= 0.6 is 11.3 Å². The van der Waals surface area contributed by atoms with E-state index in [9.17, 15) is 0 Å². The summed E-state index contributed by atoms with van der Waals surface area (Å²) in [5.41, 5.74) is 6.84. The van der Waals surface area contributed by atoms with E-state index in [2.05, 4.69) is 168 Å². The van der Waals surface area contributed by atoms with Crippen molar-refractivity contribution >= 4 is 81.0 Å². The Morgan fingerprint density at radius 2 is 0.940 bits per heavy atom. The minimum Gasteiger partial charge on any atom is -0.295 e. The number of rotatable bonds is 5. The third-order valence-corrected chi connectivity index (χ3v) is 10.9. The zero-order chi connectivity index (χ0) is 33.0. The number of benzene rings is 7. The van der Waals surface area contributed by atoms with Gasteiger partial charge in [-0.3, -0.25) is 9.88 Å². The number of hydrogen-bond acceptors (Lipinski definition) is 4. The van der Waals surface area contributed by atoms with Gasteiger partial charge in [-0.1, -0.05) is 97.1 Å². The summed E-state index contributed by atoms with van der Waals surface area (Å²) in [6.45, 7) is 0. The number of thiophene rings is 1. The van der Waals surface area contributed by atoms with Crippen LogP contribution in [0, 0.1) is 0 Å². The minimum atomic E-state index is 0.887. The molecule has 3 heterocycles. The summed E-state index contributed by atoms with van der Waals surface area (Å²) in [4.78, 5) is 11.7.